The molecule has 36 heavy (non-hydrogen) atoms. The van der Waals surface area contributed by atoms with Crippen LogP contribution in [0.15, 0.2) is 91.0 Å². The van der Waals surface area contributed by atoms with E-state index in [-0.39, 0.29) is 11.8 Å². The molecule has 186 valence electrons. The third kappa shape index (κ3) is 4.56. The first-order valence-corrected chi connectivity index (χ1v) is 13.0. The number of carboxylic acid groups (broad SMARTS) is 1. The zero-order chi connectivity index (χ0) is 25.0. The highest BCUT2D eigenvalue weighted by molar-refractivity contribution is 5.81. The van der Waals surface area contributed by atoms with E-state index in [0.29, 0.717) is 19.5 Å². The van der Waals surface area contributed by atoms with Gasteiger partial charge in [-0.15, -0.1) is 0 Å². The van der Waals surface area contributed by atoms with Crippen molar-refractivity contribution in [3.8, 4) is 0 Å². The molecule has 2 heterocycles. The highest BCUT2D eigenvalue weighted by atomic mass is 16.4. The van der Waals surface area contributed by atoms with Crippen molar-refractivity contribution in [1.82, 2.24) is 9.80 Å². The Labute approximate surface area is 213 Å². The number of nitrogens with zero attached hydrogens (tertiary/aromatic N) is 2. The van der Waals surface area contributed by atoms with Crippen molar-refractivity contribution in [2.24, 2.45) is 11.8 Å². The Hall–Kier alpha value is -3.44. The van der Waals surface area contributed by atoms with Gasteiger partial charge in [0, 0.05) is 26.2 Å². The molecular weight excluding hydrogens is 448 g/mol. The van der Waals surface area contributed by atoms with Crippen molar-refractivity contribution in [1.29, 1.82) is 0 Å². The third-order valence-corrected chi connectivity index (χ3v) is 7.87. The van der Waals surface area contributed by atoms with Gasteiger partial charge in [-0.25, -0.2) is 0 Å². The summed E-state index contributed by atoms with van der Waals surface area (Å²) in [5.74, 6) is -1.70. The second-order valence-corrected chi connectivity index (χ2v) is 10.1. The molecular formula is C31H34N2O3. The standard InChI is InChI=1S/C31H34N2O3/c34-29(32-19-11-4-12-20-32)24-21-25(30(35)36)23-33(22-24)31(26-13-5-1-6-14-26,27-15-7-2-8-16-27)28-17-9-3-10-18-28/h1-3,5-10,13-18,24-25H,4,11-12,19-23H2,(H,35,36)/t24-,25+/m1/s1. The van der Waals surface area contributed by atoms with Crippen LogP contribution in [0.3, 0.4) is 0 Å². The Morgan fingerprint density at radius 2 is 1.11 bits per heavy atom. The lowest BCUT2D eigenvalue weighted by Gasteiger charge is -2.50. The zero-order valence-corrected chi connectivity index (χ0v) is 20.6. The summed E-state index contributed by atoms with van der Waals surface area (Å²) in [4.78, 5) is 30.4. The summed E-state index contributed by atoms with van der Waals surface area (Å²) >= 11 is 0. The maximum atomic E-state index is 13.7. The van der Waals surface area contributed by atoms with Gasteiger partial charge in [-0.1, -0.05) is 91.0 Å². The van der Waals surface area contributed by atoms with Crippen molar-refractivity contribution in [2.75, 3.05) is 26.2 Å². The molecule has 5 heteroatoms. The van der Waals surface area contributed by atoms with Crippen LogP contribution in [-0.2, 0) is 15.1 Å². The number of rotatable bonds is 6. The number of piperidine rings is 2. The van der Waals surface area contributed by atoms with Crippen molar-refractivity contribution in [3.63, 3.8) is 0 Å². The molecule has 0 radical (unpaired) electrons. The van der Waals surface area contributed by atoms with E-state index in [1.165, 1.54) is 0 Å². The Bertz CT molecular complexity index is 1060. The highest BCUT2D eigenvalue weighted by Gasteiger charge is 2.48. The normalized spacial score (nSPS) is 21.2. The first kappa shape index (κ1) is 24.3. The van der Waals surface area contributed by atoms with Crippen LogP contribution in [0.2, 0.25) is 0 Å². The summed E-state index contributed by atoms with van der Waals surface area (Å²) in [7, 11) is 0. The lowest BCUT2D eigenvalue weighted by atomic mass is 9.73. The number of hydrogen-bond acceptors (Lipinski definition) is 3. The molecule has 0 aliphatic carbocycles. The maximum absolute atomic E-state index is 13.7. The first-order valence-electron chi connectivity index (χ1n) is 13.0. The average molecular weight is 483 g/mol. The van der Waals surface area contributed by atoms with Crippen molar-refractivity contribution in [3.05, 3.63) is 108 Å². The molecule has 0 aromatic heterocycles. The summed E-state index contributed by atoms with van der Waals surface area (Å²) in [6.07, 6.45) is 3.58. The number of aliphatic carboxylic acids is 1. The van der Waals surface area contributed by atoms with Gasteiger partial charge in [0.05, 0.1) is 17.4 Å². The Kier molecular flexibility index (Phi) is 7.19. The molecule has 1 N–H and O–H groups in total. The maximum Gasteiger partial charge on any atom is 0.307 e. The van der Waals surface area contributed by atoms with Crippen LogP contribution >= 0.6 is 0 Å². The van der Waals surface area contributed by atoms with E-state index in [4.69, 9.17) is 0 Å². The van der Waals surface area contributed by atoms with Crippen LogP contribution in [0.1, 0.15) is 42.4 Å². The van der Waals surface area contributed by atoms with Crippen molar-refractivity contribution in [2.45, 2.75) is 31.2 Å². The van der Waals surface area contributed by atoms with Gasteiger partial charge in [0.15, 0.2) is 0 Å². The molecule has 0 bridgehead atoms. The second kappa shape index (κ2) is 10.7. The molecule has 1 amide bonds. The molecule has 5 nitrogen and oxygen atoms in total. The molecule has 0 saturated carbocycles. The molecule has 0 spiro atoms. The molecule has 3 aromatic carbocycles. The average Bonchev–Trinajstić information content (AvgIpc) is 2.95. The van der Waals surface area contributed by atoms with Crippen LogP contribution in [-0.4, -0.2) is 53.0 Å². The predicted molar refractivity (Wildman–Crippen MR) is 140 cm³/mol. The lowest BCUT2D eigenvalue weighted by Crippen LogP contribution is -2.57. The first-order chi connectivity index (χ1) is 17.6. The number of benzene rings is 3. The molecule has 3 aromatic rings. The van der Waals surface area contributed by atoms with Gasteiger partial charge in [0.1, 0.15) is 0 Å². The molecule has 2 fully saturated rings. The van der Waals surface area contributed by atoms with Crippen LogP contribution in [0.5, 0.6) is 0 Å². The molecule has 0 unspecified atom stereocenters. The predicted octanol–water partition coefficient (Wildman–Crippen LogP) is 5.01. The van der Waals surface area contributed by atoms with Gasteiger partial charge < -0.3 is 10.0 Å². The van der Waals surface area contributed by atoms with E-state index in [0.717, 1.165) is 49.0 Å². The number of carbonyl (C=O) groups is 2. The quantitative estimate of drug-likeness (QED) is 0.502. The minimum absolute atomic E-state index is 0.105. The molecule has 2 aliphatic rings. The topological polar surface area (TPSA) is 60.9 Å². The Morgan fingerprint density at radius 3 is 1.56 bits per heavy atom. The van der Waals surface area contributed by atoms with Crippen LogP contribution in [0.25, 0.3) is 0 Å². The number of hydrogen-bond donors (Lipinski definition) is 1. The molecule has 2 atom stereocenters. The fourth-order valence-corrected chi connectivity index (χ4v) is 6.19. The summed E-state index contributed by atoms with van der Waals surface area (Å²) in [6.45, 7) is 2.43. The summed E-state index contributed by atoms with van der Waals surface area (Å²) in [5, 5.41) is 10.2. The highest BCUT2D eigenvalue weighted by Crippen LogP contribution is 2.45. The van der Waals surface area contributed by atoms with E-state index < -0.39 is 17.4 Å². The summed E-state index contributed by atoms with van der Waals surface area (Å²) in [5.41, 5.74) is 2.48. The molecule has 2 aliphatic heterocycles. The smallest absolute Gasteiger partial charge is 0.307 e. The zero-order valence-electron chi connectivity index (χ0n) is 20.6. The van der Waals surface area contributed by atoms with Gasteiger partial charge >= 0.3 is 5.97 Å². The number of likely N-dealkylation sites (tertiary alicyclic amines) is 2. The van der Waals surface area contributed by atoms with Gasteiger partial charge in [-0.05, 0) is 42.4 Å². The van der Waals surface area contributed by atoms with Crippen molar-refractivity contribution < 1.29 is 14.7 Å². The lowest BCUT2D eigenvalue weighted by molar-refractivity contribution is -0.149. The van der Waals surface area contributed by atoms with E-state index in [1.54, 1.807) is 0 Å². The third-order valence-electron chi connectivity index (χ3n) is 7.87. The van der Waals surface area contributed by atoms with Gasteiger partial charge in [0.2, 0.25) is 5.91 Å². The monoisotopic (exact) mass is 482 g/mol. The van der Waals surface area contributed by atoms with E-state index in [2.05, 4.69) is 41.3 Å². The fraction of sp³-hybridized carbons (Fsp3) is 0.355. The van der Waals surface area contributed by atoms with E-state index >= 15 is 0 Å². The van der Waals surface area contributed by atoms with Crippen LogP contribution in [0.4, 0.5) is 0 Å². The second-order valence-electron chi connectivity index (χ2n) is 10.1. The SMILES string of the molecule is O=C(O)[C@H]1C[C@@H](C(=O)N2CCCCC2)CN(C(c2ccccc2)(c2ccccc2)c2ccccc2)C1. The molecule has 5 rings (SSSR count). The van der Waals surface area contributed by atoms with Crippen LogP contribution < -0.4 is 0 Å². The van der Waals surface area contributed by atoms with E-state index in [9.17, 15) is 14.7 Å². The number of carboxylic acids is 1. The summed E-state index contributed by atoms with van der Waals surface area (Å²) in [6, 6.07) is 30.9. The Morgan fingerprint density at radius 1 is 0.667 bits per heavy atom. The summed E-state index contributed by atoms with van der Waals surface area (Å²) < 4.78 is 0. The van der Waals surface area contributed by atoms with Gasteiger partial charge in [-0.3, -0.25) is 14.5 Å². The van der Waals surface area contributed by atoms with Crippen LogP contribution in [0, 0.1) is 11.8 Å². The van der Waals surface area contributed by atoms with Crippen molar-refractivity contribution >= 4 is 11.9 Å². The number of carbonyl (C=O) groups excluding carboxylic acids is 1. The Balaban J connectivity index is 1.67. The number of amides is 1. The molecule has 2 saturated heterocycles. The van der Waals surface area contributed by atoms with Gasteiger partial charge in [0.25, 0.3) is 0 Å². The largest absolute Gasteiger partial charge is 0.481 e. The van der Waals surface area contributed by atoms with E-state index in [1.807, 2.05) is 59.5 Å². The van der Waals surface area contributed by atoms with Gasteiger partial charge in [-0.2, -0.15) is 0 Å². The fourth-order valence-electron chi connectivity index (χ4n) is 6.19. The minimum atomic E-state index is -0.834. The minimum Gasteiger partial charge on any atom is -0.481 e.